The van der Waals surface area contributed by atoms with Gasteiger partial charge in [-0.3, -0.25) is 9.63 Å². The number of amides is 2. The number of piperidine rings is 1. The van der Waals surface area contributed by atoms with Gasteiger partial charge in [-0.1, -0.05) is 0 Å². The van der Waals surface area contributed by atoms with Crippen molar-refractivity contribution in [2.45, 2.75) is 0 Å². The SMILES string of the molecule is CON(C)C(=O)[C@H]1C2CN(C(=O)O)C[C@@H]21. The first-order valence-electron chi connectivity index (χ1n) is 4.85. The summed E-state index contributed by atoms with van der Waals surface area (Å²) in [6.07, 6.45) is -0.895. The maximum Gasteiger partial charge on any atom is 0.407 e. The van der Waals surface area contributed by atoms with Crippen molar-refractivity contribution in [1.29, 1.82) is 0 Å². The van der Waals surface area contributed by atoms with Gasteiger partial charge in [0.15, 0.2) is 0 Å². The van der Waals surface area contributed by atoms with Crippen molar-refractivity contribution >= 4 is 12.0 Å². The number of carbonyl (C=O) groups excluding carboxylic acids is 1. The number of carbonyl (C=O) groups is 2. The first-order chi connectivity index (χ1) is 7.06. The van der Waals surface area contributed by atoms with Crippen molar-refractivity contribution in [2.24, 2.45) is 17.8 Å². The van der Waals surface area contributed by atoms with Gasteiger partial charge in [0.25, 0.3) is 0 Å². The van der Waals surface area contributed by atoms with Gasteiger partial charge >= 0.3 is 6.09 Å². The van der Waals surface area contributed by atoms with Gasteiger partial charge in [0.2, 0.25) is 5.91 Å². The zero-order chi connectivity index (χ0) is 11.2. The molecule has 84 valence electrons. The lowest BCUT2D eigenvalue weighted by atomic mass is 10.2. The van der Waals surface area contributed by atoms with Crippen LogP contribution in [0.3, 0.4) is 0 Å². The van der Waals surface area contributed by atoms with Crippen molar-refractivity contribution in [1.82, 2.24) is 9.96 Å². The molecule has 1 aliphatic heterocycles. The van der Waals surface area contributed by atoms with Crippen LogP contribution in [0.1, 0.15) is 0 Å². The minimum atomic E-state index is -0.895. The molecule has 2 amide bonds. The number of carboxylic acid groups (broad SMARTS) is 1. The van der Waals surface area contributed by atoms with Gasteiger partial charge in [-0.2, -0.15) is 0 Å². The van der Waals surface area contributed by atoms with Crippen molar-refractivity contribution in [3.05, 3.63) is 0 Å². The zero-order valence-corrected chi connectivity index (χ0v) is 8.71. The van der Waals surface area contributed by atoms with Crippen LogP contribution in [0.5, 0.6) is 0 Å². The Morgan fingerprint density at radius 2 is 1.93 bits per heavy atom. The summed E-state index contributed by atoms with van der Waals surface area (Å²) in [6.45, 7) is 0.960. The fraction of sp³-hybridized carbons (Fsp3) is 0.778. The predicted octanol–water partition coefficient (Wildman–Crippen LogP) is -0.138. The van der Waals surface area contributed by atoms with E-state index in [1.807, 2.05) is 0 Å². The molecule has 0 aromatic heterocycles. The largest absolute Gasteiger partial charge is 0.465 e. The monoisotopic (exact) mass is 214 g/mol. The lowest BCUT2D eigenvalue weighted by Crippen LogP contribution is -2.34. The second-order valence-corrected chi connectivity index (χ2v) is 4.06. The van der Waals surface area contributed by atoms with Gasteiger partial charge in [-0.05, 0) is 11.8 Å². The van der Waals surface area contributed by atoms with E-state index in [0.717, 1.165) is 0 Å². The van der Waals surface area contributed by atoms with E-state index in [1.165, 1.54) is 17.1 Å². The lowest BCUT2D eigenvalue weighted by molar-refractivity contribution is -0.171. The molecule has 15 heavy (non-hydrogen) atoms. The van der Waals surface area contributed by atoms with E-state index in [0.29, 0.717) is 13.1 Å². The van der Waals surface area contributed by atoms with E-state index in [2.05, 4.69) is 0 Å². The summed E-state index contributed by atoms with van der Waals surface area (Å²) in [5.41, 5.74) is 0. The molecule has 1 N–H and O–H groups in total. The Bertz CT molecular complexity index is 294. The van der Waals surface area contributed by atoms with Gasteiger partial charge in [-0.25, -0.2) is 9.86 Å². The fourth-order valence-corrected chi connectivity index (χ4v) is 2.35. The van der Waals surface area contributed by atoms with Crippen LogP contribution in [-0.2, 0) is 9.63 Å². The minimum Gasteiger partial charge on any atom is -0.465 e. The smallest absolute Gasteiger partial charge is 0.407 e. The highest BCUT2D eigenvalue weighted by Crippen LogP contribution is 2.52. The van der Waals surface area contributed by atoms with E-state index >= 15 is 0 Å². The third-order valence-corrected chi connectivity index (χ3v) is 3.33. The summed E-state index contributed by atoms with van der Waals surface area (Å²) in [4.78, 5) is 28.5. The highest BCUT2D eigenvalue weighted by atomic mass is 16.7. The molecule has 2 aliphatic rings. The fourth-order valence-electron chi connectivity index (χ4n) is 2.35. The third kappa shape index (κ3) is 1.54. The first-order valence-corrected chi connectivity index (χ1v) is 4.85. The Morgan fingerprint density at radius 3 is 2.33 bits per heavy atom. The Hall–Kier alpha value is -1.30. The molecule has 1 aliphatic carbocycles. The summed E-state index contributed by atoms with van der Waals surface area (Å²) in [5.74, 6) is 0.320. The molecule has 0 aromatic carbocycles. The maximum atomic E-state index is 11.7. The predicted molar refractivity (Wildman–Crippen MR) is 49.8 cm³/mol. The van der Waals surface area contributed by atoms with Crippen molar-refractivity contribution < 1.29 is 19.5 Å². The number of likely N-dealkylation sites (tertiary alicyclic amines) is 1. The van der Waals surface area contributed by atoms with Gasteiger partial charge in [0.1, 0.15) is 0 Å². The van der Waals surface area contributed by atoms with Gasteiger partial charge < -0.3 is 10.0 Å². The van der Waals surface area contributed by atoms with Gasteiger partial charge in [-0.15, -0.1) is 0 Å². The molecule has 0 radical (unpaired) electrons. The van der Waals surface area contributed by atoms with Crippen LogP contribution in [0.15, 0.2) is 0 Å². The highest BCUT2D eigenvalue weighted by Gasteiger charge is 2.61. The molecule has 0 bridgehead atoms. The summed E-state index contributed by atoms with van der Waals surface area (Å²) in [7, 11) is 3.02. The first kappa shape index (κ1) is 10.2. The van der Waals surface area contributed by atoms with Crippen molar-refractivity contribution in [3.63, 3.8) is 0 Å². The molecule has 1 unspecified atom stereocenters. The normalized spacial score (nSPS) is 32.4. The molecule has 2 fully saturated rings. The zero-order valence-electron chi connectivity index (χ0n) is 8.71. The third-order valence-electron chi connectivity index (χ3n) is 3.33. The van der Waals surface area contributed by atoms with Crippen LogP contribution in [0, 0.1) is 17.8 Å². The molecular weight excluding hydrogens is 200 g/mol. The quantitative estimate of drug-likeness (QED) is 0.650. The van der Waals surface area contributed by atoms with E-state index in [9.17, 15) is 9.59 Å². The van der Waals surface area contributed by atoms with E-state index in [1.54, 1.807) is 7.05 Å². The van der Waals surface area contributed by atoms with Crippen molar-refractivity contribution in [2.75, 3.05) is 27.2 Å². The average Bonchev–Trinajstić information content (AvgIpc) is 2.69. The minimum absolute atomic E-state index is 0.0365. The molecule has 6 nitrogen and oxygen atoms in total. The average molecular weight is 214 g/mol. The Balaban J connectivity index is 1.89. The second kappa shape index (κ2) is 3.37. The maximum absolute atomic E-state index is 11.7. The summed E-state index contributed by atoms with van der Waals surface area (Å²) >= 11 is 0. The van der Waals surface area contributed by atoms with Gasteiger partial charge in [0.05, 0.1) is 13.0 Å². The molecule has 0 spiro atoms. The number of hydrogen-bond acceptors (Lipinski definition) is 3. The molecule has 3 atom stereocenters. The topological polar surface area (TPSA) is 70.1 Å². The molecule has 2 rings (SSSR count). The van der Waals surface area contributed by atoms with E-state index in [-0.39, 0.29) is 23.7 Å². The molecule has 6 heteroatoms. The Labute approximate surface area is 87.4 Å². The Morgan fingerprint density at radius 1 is 1.40 bits per heavy atom. The van der Waals surface area contributed by atoms with Crippen LogP contribution < -0.4 is 0 Å². The highest BCUT2D eigenvalue weighted by molar-refractivity contribution is 5.82. The molecular formula is C9H14N2O4. The lowest BCUT2D eigenvalue weighted by Gasteiger charge is -2.18. The number of nitrogens with zero attached hydrogens (tertiary/aromatic N) is 2. The van der Waals surface area contributed by atoms with Crippen molar-refractivity contribution in [3.8, 4) is 0 Å². The van der Waals surface area contributed by atoms with E-state index in [4.69, 9.17) is 9.94 Å². The number of hydrogen-bond donors (Lipinski definition) is 1. The molecule has 1 saturated carbocycles. The molecule has 1 saturated heterocycles. The van der Waals surface area contributed by atoms with E-state index < -0.39 is 6.09 Å². The van der Waals surface area contributed by atoms with Crippen LogP contribution >= 0.6 is 0 Å². The summed E-state index contributed by atoms with van der Waals surface area (Å²) in [6, 6.07) is 0. The summed E-state index contributed by atoms with van der Waals surface area (Å²) < 4.78 is 0. The van der Waals surface area contributed by atoms with Crippen LogP contribution in [-0.4, -0.2) is 54.3 Å². The van der Waals surface area contributed by atoms with Gasteiger partial charge in [0, 0.05) is 20.1 Å². The number of fused-ring (bicyclic) bond motifs is 1. The summed E-state index contributed by atoms with van der Waals surface area (Å²) in [5, 5.41) is 9.95. The molecule has 0 aromatic rings. The second-order valence-electron chi connectivity index (χ2n) is 4.06. The van der Waals surface area contributed by atoms with Crippen LogP contribution in [0.4, 0.5) is 4.79 Å². The Kier molecular flexibility index (Phi) is 2.30. The standard InChI is InChI=1S/C9H14N2O4/c1-10(15-2)8(12)7-5-3-11(9(13)14)4-6(5)7/h5-7H,3-4H2,1-2H3,(H,13,14)/t5-,6?,7+/m0/s1. The van der Waals surface area contributed by atoms with Crippen LogP contribution in [0.2, 0.25) is 0 Å². The number of hydroxylamine groups is 2. The van der Waals surface area contributed by atoms with Crippen LogP contribution in [0.25, 0.3) is 0 Å². The number of rotatable bonds is 2. The molecule has 1 heterocycles.